The van der Waals surface area contributed by atoms with Gasteiger partial charge in [0.1, 0.15) is 0 Å². The maximum Gasteiger partial charge on any atom is 0.179 e. The summed E-state index contributed by atoms with van der Waals surface area (Å²) < 4.78 is 2.44. The predicted octanol–water partition coefficient (Wildman–Crippen LogP) is 14.3. The first-order chi connectivity index (χ1) is 33.8. The number of anilines is 6. The van der Waals surface area contributed by atoms with Crippen molar-refractivity contribution in [3.05, 3.63) is 285 Å². The van der Waals surface area contributed by atoms with E-state index in [4.69, 9.17) is 0 Å². The fourth-order valence-corrected chi connectivity index (χ4v) is 15.3. The predicted molar refractivity (Wildman–Crippen MR) is 291 cm³/mol. The smallest absolute Gasteiger partial charge is 0.179 e. The SMILES string of the molecule is c1ccc(N(c2ccccc2)c2ccc(N(c3ccc4c(c3)c3cc([Si](c5ccccc5)(c5ccccc5)c5ccccc5)ccc3n4-c3ccccc3)c3cccc4ccccc34)cc2)cc1. The molecule has 0 aliphatic carbocycles. The summed E-state index contributed by atoms with van der Waals surface area (Å²) in [6.07, 6.45) is 0. The first kappa shape index (κ1) is 40.8. The summed E-state index contributed by atoms with van der Waals surface area (Å²) in [6, 6.07) is 104. The van der Waals surface area contributed by atoms with Crippen molar-refractivity contribution in [2.24, 2.45) is 0 Å². The van der Waals surface area contributed by atoms with E-state index in [-0.39, 0.29) is 0 Å². The minimum atomic E-state index is -2.83. The van der Waals surface area contributed by atoms with Gasteiger partial charge in [0.05, 0.1) is 16.7 Å². The second-order valence-corrected chi connectivity index (χ2v) is 21.1. The van der Waals surface area contributed by atoms with Crippen LogP contribution >= 0.6 is 0 Å². The lowest BCUT2D eigenvalue weighted by atomic mass is 10.1. The molecule has 4 heteroatoms. The Morgan fingerprint density at radius 2 is 0.676 bits per heavy atom. The third-order valence-corrected chi connectivity index (χ3v) is 18.3. The maximum atomic E-state index is 2.53. The number of hydrogen-bond donors (Lipinski definition) is 0. The van der Waals surface area contributed by atoms with Crippen LogP contribution in [0.2, 0.25) is 0 Å². The molecule has 0 aliphatic heterocycles. The van der Waals surface area contributed by atoms with Crippen LogP contribution in [0.3, 0.4) is 0 Å². The minimum absolute atomic E-state index is 1.07. The van der Waals surface area contributed by atoms with Gasteiger partial charge in [-0.3, -0.25) is 0 Å². The van der Waals surface area contributed by atoms with Gasteiger partial charge < -0.3 is 14.4 Å². The summed E-state index contributed by atoms with van der Waals surface area (Å²) in [4.78, 5) is 4.76. The van der Waals surface area contributed by atoms with Gasteiger partial charge in [-0.05, 0) is 117 Å². The van der Waals surface area contributed by atoms with Crippen LogP contribution in [0.25, 0.3) is 38.3 Å². The first-order valence-electron chi connectivity index (χ1n) is 23.3. The van der Waals surface area contributed by atoms with Crippen LogP contribution in [-0.4, -0.2) is 12.6 Å². The lowest BCUT2D eigenvalue weighted by Gasteiger charge is -2.34. The third kappa shape index (κ3) is 7.07. The molecule has 322 valence electrons. The van der Waals surface area contributed by atoms with E-state index >= 15 is 0 Å². The van der Waals surface area contributed by atoms with E-state index in [1.54, 1.807) is 0 Å². The summed E-state index contributed by atoms with van der Waals surface area (Å²) in [5.74, 6) is 0. The van der Waals surface area contributed by atoms with Crippen LogP contribution in [0.15, 0.2) is 285 Å². The topological polar surface area (TPSA) is 11.4 Å². The molecule has 68 heavy (non-hydrogen) atoms. The quantitative estimate of drug-likeness (QED) is 0.0947. The number of para-hydroxylation sites is 3. The summed E-state index contributed by atoms with van der Waals surface area (Å²) >= 11 is 0. The largest absolute Gasteiger partial charge is 0.311 e. The van der Waals surface area contributed by atoms with Crippen molar-refractivity contribution in [3.8, 4) is 5.69 Å². The van der Waals surface area contributed by atoms with Crippen LogP contribution in [0.5, 0.6) is 0 Å². The van der Waals surface area contributed by atoms with Crippen LogP contribution in [0, 0.1) is 0 Å². The molecule has 0 saturated carbocycles. The van der Waals surface area contributed by atoms with Crippen LogP contribution in [0.1, 0.15) is 0 Å². The summed E-state index contributed by atoms with van der Waals surface area (Å²) in [7, 11) is -2.83. The van der Waals surface area contributed by atoms with Crippen molar-refractivity contribution < 1.29 is 0 Å². The first-order valence-corrected chi connectivity index (χ1v) is 25.3. The van der Waals surface area contributed by atoms with E-state index in [9.17, 15) is 0 Å². The van der Waals surface area contributed by atoms with Gasteiger partial charge in [-0.15, -0.1) is 0 Å². The van der Waals surface area contributed by atoms with Gasteiger partial charge in [0.2, 0.25) is 0 Å². The summed E-state index contributed by atoms with van der Waals surface area (Å²) in [5, 5.41) is 10.2. The molecule has 0 saturated heterocycles. The van der Waals surface area contributed by atoms with Gasteiger partial charge in [0.25, 0.3) is 0 Å². The number of fused-ring (bicyclic) bond motifs is 4. The molecule has 12 aromatic rings. The number of aromatic nitrogens is 1. The highest BCUT2D eigenvalue weighted by molar-refractivity contribution is 7.20. The standard InChI is InChI=1S/C64H47N3Si/c1-7-24-49(25-8-1)65(50-26-9-2-10-27-50)52-38-40-53(41-39-52)66(62-37-21-23-48-22-19-20-36-59(48)62)54-42-44-63-60(46-54)61-47-58(43-45-64(61)67(63)51-28-11-3-12-29-51)68(55-30-13-4-14-31-55,56-32-15-5-16-33-56)57-34-17-6-18-35-57/h1-47H. The highest BCUT2D eigenvalue weighted by Gasteiger charge is 2.41. The molecule has 0 radical (unpaired) electrons. The Labute approximate surface area is 398 Å². The van der Waals surface area contributed by atoms with Crippen molar-refractivity contribution >= 4 is 95.5 Å². The zero-order valence-electron chi connectivity index (χ0n) is 37.5. The fraction of sp³-hybridized carbons (Fsp3) is 0. The van der Waals surface area contributed by atoms with E-state index in [0.29, 0.717) is 0 Å². The van der Waals surface area contributed by atoms with Gasteiger partial charge in [0, 0.05) is 50.3 Å². The Morgan fingerprint density at radius 1 is 0.265 bits per heavy atom. The van der Waals surface area contributed by atoms with E-state index in [1.165, 1.54) is 47.8 Å². The summed E-state index contributed by atoms with van der Waals surface area (Å²) in [5.41, 5.74) is 10.0. The molecule has 0 N–H and O–H groups in total. The van der Waals surface area contributed by atoms with Gasteiger partial charge in [-0.2, -0.15) is 0 Å². The van der Waals surface area contributed by atoms with E-state index in [0.717, 1.165) is 45.3 Å². The van der Waals surface area contributed by atoms with Gasteiger partial charge >= 0.3 is 0 Å². The molecular weight excluding hydrogens is 839 g/mol. The van der Waals surface area contributed by atoms with Crippen LogP contribution in [0.4, 0.5) is 34.1 Å². The number of nitrogens with zero attached hydrogens (tertiary/aromatic N) is 3. The van der Waals surface area contributed by atoms with E-state index < -0.39 is 8.07 Å². The third-order valence-electron chi connectivity index (χ3n) is 13.5. The number of benzene rings is 11. The molecule has 3 nitrogen and oxygen atoms in total. The molecule has 0 amide bonds. The van der Waals surface area contributed by atoms with Crippen molar-refractivity contribution in [2.75, 3.05) is 9.80 Å². The molecule has 12 rings (SSSR count). The minimum Gasteiger partial charge on any atom is -0.311 e. The monoisotopic (exact) mass is 885 g/mol. The number of hydrogen-bond acceptors (Lipinski definition) is 2. The van der Waals surface area contributed by atoms with Gasteiger partial charge in [-0.25, -0.2) is 0 Å². The average molecular weight is 886 g/mol. The number of rotatable bonds is 11. The Kier molecular flexibility index (Phi) is 10.6. The second kappa shape index (κ2) is 17.6. The van der Waals surface area contributed by atoms with Crippen LogP contribution < -0.4 is 30.5 Å². The average Bonchev–Trinajstić information content (AvgIpc) is 3.74. The molecular formula is C64H47N3Si. The Balaban J connectivity index is 1.10. The lowest BCUT2D eigenvalue weighted by Crippen LogP contribution is -2.74. The van der Waals surface area contributed by atoms with Crippen molar-refractivity contribution in [1.29, 1.82) is 0 Å². The molecule has 0 aliphatic rings. The van der Waals surface area contributed by atoms with Crippen molar-refractivity contribution in [1.82, 2.24) is 4.57 Å². The van der Waals surface area contributed by atoms with Crippen molar-refractivity contribution in [3.63, 3.8) is 0 Å². The molecule has 0 spiro atoms. The highest BCUT2D eigenvalue weighted by Crippen LogP contribution is 2.43. The molecule has 11 aromatic carbocycles. The summed E-state index contributed by atoms with van der Waals surface area (Å²) in [6.45, 7) is 0. The fourth-order valence-electron chi connectivity index (χ4n) is 10.5. The maximum absolute atomic E-state index is 2.83. The molecule has 0 fully saturated rings. The highest BCUT2D eigenvalue weighted by atomic mass is 28.3. The zero-order valence-corrected chi connectivity index (χ0v) is 38.5. The Morgan fingerprint density at radius 3 is 1.24 bits per heavy atom. The molecule has 1 aromatic heterocycles. The second-order valence-electron chi connectivity index (χ2n) is 17.3. The lowest BCUT2D eigenvalue weighted by molar-refractivity contribution is 1.18. The van der Waals surface area contributed by atoms with Gasteiger partial charge in [0.15, 0.2) is 8.07 Å². The van der Waals surface area contributed by atoms with Gasteiger partial charge in [-0.1, -0.05) is 194 Å². The van der Waals surface area contributed by atoms with Crippen molar-refractivity contribution in [2.45, 2.75) is 0 Å². The Hall–Kier alpha value is -8.70. The van der Waals surface area contributed by atoms with E-state index in [2.05, 4.69) is 299 Å². The zero-order chi connectivity index (χ0) is 45.3. The molecule has 0 bridgehead atoms. The molecule has 1 heterocycles. The molecule has 0 atom stereocenters. The van der Waals surface area contributed by atoms with E-state index in [1.807, 2.05) is 0 Å². The molecule has 0 unspecified atom stereocenters. The Bertz CT molecular complexity index is 3510. The van der Waals surface area contributed by atoms with Crippen LogP contribution in [-0.2, 0) is 0 Å². The normalized spacial score (nSPS) is 11.5.